The molecule has 0 aromatic carbocycles. The van der Waals surface area contributed by atoms with Crippen LogP contribution >= 0.6 is 11.3 Å². The van der Waals surface area contributed by atoms with Gasteiger partial charge in [0.15, 0.2) is 0 Å². The highest BCUT2D eigenvalue weighted by Crippen LogP contribution is 2.29. The molecule has 19 heavy (non-hydrogen) atoms. The SMILES string of the molecule is CCCNC(CC)c1nnc(-c2cccnc2C)s1. The molecule has 0 aliphatic rings. The number of nitrogens with zero attached hydrogens (tertiary/aromatic N) is 3. The van der Waals surface area contributed by atoms with Crippen LogP contribution in [0.1, 0.15) is 43.4 Å². The molecule has 1 N–H and O–H groups in total. The van der Waals surface area contributed by atoms with Gasteiger partial charge in [0, 0.05) is 17.5 Å². The van der Waals surface area contributed by atoms with Crippen molar-refractivity contribution in [1.82, 2.24) is 20.5 Å². The monoisotopic (exact) mass is 276 g/mol. The maximum atomic E-state index is 4.34. The summed E-state index contributed by atoms with van der Waals surface area (Å²) in [5.41, 5.74) is 2.08. The predicted octanol–water partition coefficient (Wildman–Crippen LogP) is 3.36. The maximum absolute atomic E-state index is 4.34. The van der Waals surface area contributed by atoms with E-state index >= 15 is 0 Å². The first-order valence-corrected chi connectivity index (χ1v) is 7.56. The summed E-state index contributed by atoms with van der Waals surface area (Å²) in [6.45, 7) is 7.36. The van der Waals surface area contributed by atoms with Crippen molar-refractivity contribution < 1.29 is 0 Å². The molecule has 0 aliphatic carbocycles. The summed E-state index contributed by atoms with van der Waals surface area (Å²) in [6.07, 6.45) is 3.96. The summed E-state index contributed by atoms with van der Waals surface area (Å²) < 4.78 is 0. The van der Waals surface area contributed by atoms with Crippen LogP contribution in [-0.2, 0) is 0 Å². The van der Waals surface area contributed by atoms with E-state index in [1.54, 1.807) is 17.5 Å². The third-order valence-electron chi connectivity index (χ3n) is 3.03. The van der Waals surface area contributed by atoms with E-state index in [1.165, 1.54) is 0 Å². The quantitative estimate of drug-likeness (QED) is 0.879. The van der Waals surface area contributed by atoms with Gasteiger partial charge in [-0.1, -0.05) is 25.2 Å². The van der Waals surface area contributed by atoms with Gasteiger partial charge in [0.2, 0.25) is 0 Å². The van der Waals surface area contributed by atoms with E-state index in [0.29, 0.717) is 6.04 Å². The molecule has 0 fully saturated rings. The Morgan fingerprint density at radius 3 is 2.84 bits per heavy atom. The predicted molar refractivity (Wildman–Crippen MR) is 79.2 cm³/mol. The highest BCUT2D eigenvalue weighted by molar-refractivity contribution is 7.14. The molecule has 2 aromatic heterocycles. The van der Waals surface area contributed by atoms with Gasteiger partial charge >= 0.3 is 0 Å². The van der Waals surface area contributed by atoms with Crippen molar-refractivity contribution in [2.24, 2.45) is 0 Å². The largest absolute Gasteiger partial charge is 0.308 e. The summed E-state index contributed by atoms with van der Waals surface area (Å²) >= 11 is 1.66. The van der Waals surface area contributed by atoms with Crippen molar-refractivity contribution in [3.63, 3.8) is 0 Å². The Hall–Kier alpha value is -1.33. The number of rotatable bonds is 6. The van der Waals surface area contributed by atoms with E-state index in [0.717, 1.165) is 40.7 Å². The lowest BCUT2D eigenvalue weighted by Crippen LogP contribution is -2.21. The van der Waals surface area contributed by atoms with Gasteiger partial charge in [0.05, 0.1) is 6.04 Å². The van der Waals surface area contributed by atoms with E-state index in [2.05, 4.69) is 34.3 Å². The van der Waals surface area contributed by atoms with Crippen LogP contribution < -0.4 is 5.32 Å². The molecule has 0 amide bonds. The molecular formula is C14H20N4S. The highest BCUT2D eigenvalue weighted by Gasteiger charge is 2.15. The van der Waals surface area contributed by atoms with Crippen LogP contribution in [0.15, 0.2) is 18.3 Å². The lowest BCUT2D eigenvalue weighted by Gasteiger charge is -2.12. The average Bonchev–Trinajstić information content (AvgIpc) is 2.90. The molecule has 2 rings (SSSR count). The van der Waals surface area contributed by atoms with Crippen LogP contribution in [0.5, 0.6) is 0 Å². The zero-order chi connectivity index (χ0) is 13.7. The van der Waals surface area contributed by atoms with Crippen LogP contribution in [-0.4, -0.2) is 21.7 Å². The van der Waals surface area contributed by atoms with Crippen molar-refractivity contribution in [3.8, 4) is 10.6 Å². The second-order valence-electron chi connectivity index (χ2n) is 4.50. The number of hydrogen-bond donors (Lipinski definition) is 1. The van der Waals surface area contributed by atoms with Gasteiger partial charge in [0.25, 0.3) is 0 Å². The lowest BCUT2D eigenvalue weighted by molar-refractivity contribution is 0.513. The molecule has 1 atom stereocenters. The van der Waals surface area contributed by atoms with Crippen molar-refractivity contribution in [3.05, 3.63) is 29.0 Å². The standard InChI is InChI=1S/C14H20N4S/c1-4-8-16-12(5-2)14-18-17-13(19-14)11-7-6-9-15-10(11)3/h6-7,9,12,16H,4-5,8H2,1-3H3. The summed E-state index contributed by atoms with van der Waals surface area (Å²) in [5, 5.41) is 14.2. The Kier molecular flexibility index (Phi) is 4.99. The molecule has 0 saturated heterocycles. The third kappa shape index (κ3) is 3.36. The molecule has 4 nitrogen and oxygen atoms in total. The van der Waals surface area contributed by atoms with Crippen molar-refractivity contribution in [1.29, 1.82) is 0 Å². The van der Waals surface area contributed by atoms with Crippen molar-refractivity contribution >= 4 is 11.3 Å². The molecule has 102 valence electrons. The maximum Gasteiger partial charge on any atom is 0.149 e. The minimum atomic E-state index is 0.308. The van der Waals surface area contributed by atoms with Crippen LogP contribution in [0.25, 0.3) is 10.6 Å². The van der Waals surface area contributed by atoms with Crippen LogP contribution in [0, 0.1) is 6.92 Å². The van der Waals surface area contributed by atoms with E-state index in [4.69, 9.17) is 0 Å². The van der Waals surface area contributed by atoms with Gasteiger partial charge in [-0.3, -0.25) is 4.98 Å². The topological polar surface area (TPSA) is 50.7 Å². The Labute approximate surface area is 118 Å². The molecule has 0 bridgehead atoms. The van der Waals surface area contributed by atoms with Gasteiger partial charge in [-0.25, -0.2) is 0 Å². The van der Waals surface area contributed by atoms with Gasteiger partial charge in [-0.05, 0) is 38.4 Å². The minimum absolute atomic E-state index is 0.308. The minimum Gasteiger partial charge on any atom is -0.308 e. The zero-order valence-corrected chi connectivity index (χ0v) is 12.5. The van der Waals surface area contributed by atoms with E-state index in [9.17, 15) is 0 Å². The molecule has 0 saturated carbocycles. The smallest absolute Gasteiger partial charge is 0.149 e. The molecule has 2 aromatic rings. The molecule has 0 radical (unpaired) electrons. The fourth-order valence-corrected chi connectivity index (χ4v) is 3.00. The highest BCUT2D eigenvalue weighted by atomic mass is 32.1. The van der Waals surface area contributed by atoms with Crippen molar-refractivity contribution in [2.75, 3.05) is 6.54 Å². The first kappa shape index (κ1) is 14.1. The molecule has 5 heteroatoms. The molecule has 0 spiro atoms. The third-order valence-corrected chi connectivity index (χ3v) is 4.10. The van der Waals surface area contributed by atoms with E-state index in [1.807, 2.05) is 19.1 Å². The lowest BCUT2D eigenvalue weighted by atomic mass is 10.2. The van der Waals surface area contributed by atoms with Gasteiger partial charge in [-0.15, -0.1) is 10.2 Å². The number of aromatic nitrogens is 3. The average molecular weight is 276 g/mol. The summed E-state index contributed by atoms with van der Waals surface area (Å²) in [7, 11) is 0. The summed E-state index contributed by atoms with van der Waals surface area (Å²) in [6, 6.07) is 4.30. The van der Waals surface area contributed by atoms with Gasteiger partial charge in [0.1, 0.15) is 10.0 Å². The second-order valence-corrected chi connectivity index (χ2v) is 5.51. The number of hydrogen-bond acceptors (Lipinski definition) is 5. The van der Waals surface area contributed by atoms with Gasteiger partial charge < -0.3 is 5.32 Å². The molecule has 2 heterocycles. The van der Waals surface area contributed by atoms with E-state index < -0.39 is 0 Å². The van der Waals surface area contributed by atoms with Crippen LogP contribution in [0.2, 0.25) is 0 Å². The molecule has 0 aliphatic heterocycles. The summed E-state index contributed by atoms with van der Waals surface area (Å²) in [5.74, 6) is 0. The van der Waals surface area contributed by atoms with Crippen LogP contribution in [0.4, 0.5) is 0 Å². The van der Waals surface area contributed by atoms with Crippen LogP contribution in [0.3, 0.4) is 0 Å². The normalized spacial score (nSPS) is 12.6. The van der Waals surface area contributed by atoms with Crippen molar-refractivity contribution in [2.45, 2.75) is 39.7 Å². The zero-order valence-electron chi connectivity index (χ0n) is 11.7. The first-order chi connectivity index (χ1) is 9.26. The fourth-order valence-electron chi connectivity index (χ4n) is 1.92. The molecular weight excluding hydrogens is 256 g/mol. The molecule has 1 unspecified atom stereocenters. The Bertz CT molecular complexity index is 524. The first-order valence-electron chi connectivity index (χ1n) is 6.75. The number of pyridine rings is 1. The Morgan fingerprint density at radius 1 is 1.32 bits per heavy atom. The van der Waals surface area contributed by atoms with E-state index in [-0.39, 0.29) is 0 Å². The summed E-state index contributed by atoms with van der Waals surface area (Å²) in [4.78, 5) is 4.30. The fraction of sp³-hybridized carbons (Fsp3) is 0.500. The van der Waals surface area contributed by atoms with Gasteiger partial charge in [-0.2, -0.15) is 0 Å². The number of nitrogens with one attached hydrogen (secondary N) is 1. The Balaban J connectivity index is 2.21. The second kappa shape index (κ2) is 6.73. The Morgan fingerprint density at radius 2 is 2.16 bits per heavy atom. The number of aryl methyl sites for hydroxylation is 1.